The van der Waals surface area contributed by atoms with Gasteiger partial charge in [-0.1, -0.05) is 37.5 Å². The van der Waals surface area contributed by atoms with Crippen LogP contribution in [-0.2, 0) is 10.2 Å². The van der Waals surface area contributed by atoms with Crippen LogP contribution in [0.25, 0.3) is 10.6 Å². The maximum absolute atomic E-state index is 12.5. The van der Waals surface area contributed by atoms with Crippen molar-refractivity contribution in [3.8, 4) is 16.6 Å². The van der Waals surface area contributed by atoms with Crippen molar-refractivity contribution in [3.63, 3.8) is 0 Å². The van der Waals surface area contributed by atoms with Crippen LogP contribution in [0.5, 0.6) is 0 Å². The molecule has 0 unspecified atom stereocenters. The first kappa shape index (κ1) is 22.6. The van der Waals surface area contributed by atoms with E-state index in [2.05, 4.69) is 25.5 Å². The molecule has 0 spiro atoms. The summed E-state index contributed by atoms with van der Waals surface area (Å²) in [6, 6.07) is 12.8. The first-order chi connectivity index (χ1) is 15.5. The van der Waals surface area contributed by atoms with E-state index in [9.17, 15) is 13.7 Å². The van der Waals surface area contributed by atoms with E-state index in [-0.39, 0.29) is 5.95 Å². The minimum absolute atomic E-state index is 0.0156. The molecule has 1 saturated carbocycles. The van der Waals surface area contributed by atoms with Gasteiger partial charge in [-0.15, -0.1) is 23.1 Å². The van der Waals surface area contributed by atoms with E-state index in [1.807, 2.05) is 6.26 Å². The number of nitrogens with one attached hydrogen (secondary N) is 2. The Morgan fingerprint density at radius 1 is 1.12 bits per heavy atom. The topological polar surface area (TPSA) is 108 Å². The van der Waals surface area contributed by atoms with Crippen molar-refractivity contribution in [2.24, 2.45) is 0 Å². The lowest BCUT2D eigenvalue weighted by Gasteiger charge is -2.22. The third-order valence-electron chi connectivity index (χ3n) is 5.36. The summed E-state index contributed by atoms with van der Waals surface area (Å²) in [7, 11) is -3.91. The molecule has 1 aliphatic carbocycles. The molecule has 2 heterocycles. The smallest absolute Gasteiger partial charge is 0.267 e. The summed E-state index contributed by atoms with van der Waals surface area (Å²) in [6.45, 7) is 0. The van der Waals surface area contributed by atoms with Crippen molar-refractivity contribution in [2.75, 3.05) is 15.7 Å². The summed E-state index contributed by atoms with van der Waals surface area (Å²) >= 11 is 3.10. The lowest BCUT2D eigenvalue weighted by Crippen LogP contribution is -2.22. The SMILES string of the molecule is CSc1sc(-c2ccnc(NS(=O)(=O)Nc3ccccc3)n2)c(C2CCCCC2)c1C#N. The number of anilines is 2. The third-order valence-corrected chi connectivity index (χ3v) is 8.67. The zero-order valence-corrected chi connectivity index (χ0v) is 20.0. The number of nitriles is 1. The zero-order chi connectivity index (χ0) is 22.6. The van der Waals surface area contributed by atoms with Gasteiger partial charge in [0.1, 0.15) is 6.07 Å². The molecule has 7 nitrogen and oxygen atoms in total. The Hall–Kier alpha value is -2.61. The Balaban J connectivity index is 1.67. The number of rotatable bonds is 7. The van der Waals surface area contributed by atoms with Gasteiger partial charge in [-0.05, 0) is 48.8 Å². The standard InChI is InChI=1S/C22H23N5O2S3/c1-30-21-17(14-23)19(15-8-4-2-5-9-15)20(31-21)18-12-13-24-22(25-18)27-32(28,29)26-16-10-6-3-7-11-16/h3,6-7,10-13,15,26H,2,4-5,8-9H2,1H3,(H,24,25,27). The molecule has 0 bridgehead atoms. The first-order valence-corrected chi connectivity index (χ1v) is 13.8. The van der Waals surface area contributed by atoms with Gasteiger partial charge < -0.3 is 0 Å². The zero-order valence-electron chi connectivity index (χ0n) is 17.5. The number of aromatic nitrogens is 2. The Morgan fingerprint density at radius 3 is 2.56 bits per heavy atom. The highest BCUT2D eigenvalue weighted by molar-refractivity contribution is 8.00. The average molecular weight is 486 g/mol. The van der Waals surface area contributed by atoms with Crippen LogP contribution in [0.2, 0.25) is 0 Å². The Labute approximate surface area is 196 Å². The summed E-state index contributed by atoms with van der Waals surface area (Å²) in [5.41, 5.74) is 2.85. The fraction of sp³-hybridized carbons (Fsp3) is 0.318. The highest BCUT2D eigenvalue weighted by Crippen LogP contribution is 2.47. The van der Waals surface area contributed by atoms with Gasteiger partial charge in [0.25, 0.3) is 0 Å². The van der Waals surface area contributed by atoms with Gasteiger partial charge in [0, 0.05) is 6.20 Å². The van der Waals surface area contributed by atoms with Gasteiger partial charge in [-0.2, -0.15) is 13.7 Å². The molecule has 4 rings (SSSR count). The van der Waals surface area contributed by atoms with Crippen molar-refractivity contribution >= 4 is 44.9 Å². The van der Waals surface area contributed by atoms with Crippen LogP contribution in [0.4, 0.5) is 11.6 Å². The van der Waals surface area contributed by atoms with E-state index in [1.54, 1.807) is 59.5 Å². The molecule has 0 aliphatic heterocycles. The van der Waals surface area contributed by atoms with Crippen molar-refractivity contribution in [2.45, 2.75) is 42.2 Å². The minimum atomic E-state index is -3.91. The number of benzene rings is 1. The molecule has 1 fully saturated rings. The lowest BCUT2D eigenvalue weighted by atomic mass is 9.82. The molecule has 0 atom stereocenters. The second-order valence-electron chi connectivity index (χ2n) is 7.50. The van der Waals surface area contributed by atoms with Crippen LogP contribution >= 0.6 is 23.1 Å². The molecule has 1 aromatic carbocycles. The Bertz CT molecular complexity index is 1230. The minimum Gasteiger partial charge on any atom is -0.267 e. The Morgan fingerprint density at radius 2 is 1.88 bits per heavy atom. The predicted octanol–water partition coefficient (Wildman–Crippen LogP) is 5.62. The van der Waals surface area contributed by atoms with Crippen LogP contribution in [-0.4, -0.2) is 24.6 Å². The van der Waals surface area contributed by atoms with E-state index in [0.29, 0.717) is 17.3 Å². The molecular formula is C22H23N5O2S3. The molecular weight excluding hydrogens is 462 g/mol. The van der Waals surface area contributed by atoms with Crippen LogP contribution in [0.1, 0.15) is 49.1 Å². The van der Waals surface area contributed by atoms with Gasteiger partial charge in [0.05, 0.1) is 26.0 Å². The Kier molecular flexibility index (Phi) is 6.98. The maximum atomic E-state index is 12.5. The number of hydrogen-bond acceptors (Lipinski definition) is 7. The molecule has 0 amide bonds. The van der Waals surface area contributed by atoms with Crippen molar-refractivity contribution in [1.29, 1.82) is 5.26 Å². The van der Waals surface area contributed by atoms with Crippen LogP contribution in [0.15, 0.2) is 46.8 Å². The van der Waals surface area contributed by atoms with Gasteiger partial charge in [0.15, 0.2) is 0 Å². The van der Waals surface area contributed by atoms with E-state index in [1.165, 1.54) is 12.6 Å². The normalized spacial score (nSPS) is 14.6. The van der Waals surface area contributed by atoms with Crippen molar-refractivity contribution in [3.05, 3.63) is 53.7 Å². The maximum Gasteiger partial charge on any atom is 0.323 e. The quantitative estimate of drug-likeness (QED) is 0.421. The molecule has 2 N–H and O–H groups in total. The van der Waals surface area contributed by atoms with Crippen molar-refractivity contribution < 1.29 is 8.42 Å². The highest BCUT2D eigenvalue weighted by Gasteiger charge is 2.28. The third kappa shape index (κ3) is 5.06. The van der Waals surface area contributed by atoms with Crippen LogP contribution in [0.3, 0.4) is 0 Å². The number of thiophene rings is 1. The van der Waals surface area contributed by atoms with E-state index in [4.69, 9.17) is 0 Å². The predicted molar refractivity (Wildman–Crippen MR) is 130 cm³/mol. The molecule has 0 saturated heterocycles. The van der Waals surface area contributed by atoms with E-state index >= 15 is 0 Å². The van der Waals surface area contributed by atoms with E-state index < -0.39 is 10.2 Å². The largest absolute Gasteiger partial charge is 0.323 e. The molecule has 1 aliphatic rings. The number of para-hydroxylation sites is 1. The van der Waals surface area contributed by atoms with Crippen molar-refractivity contribution in [1.82, 2.24) is 9.97 Å². The fourth-order valence-corrected chi connectivity index (χ4v) is 6.80. The molecule has 166 valence electrons. The van der Waals surface area contributed by atoms with Gasteiger partial charge >= 0.3 is 10.2 Å². The summed E-state index contributed by atoms with van der Waals surface area (Å²) in [5.74, 6) is 0.304. The summed E-state index contributed by atoms with van der Waals surface area (Å²) in [5, 5.41) is 9.88. The second kappa shape index (κ2) is 9.90. The number of thioether (sulfide) groups is 1. The second-order valence-corrected chi connectivity index (χ2v) is 11.0. The molecule has 3 aromatic rings. The van der Waals surface area contributed by atoms with Gasteiger partial charge in [0.2, 0.25) is 5.95 Å². The molecule has 2 aromatic heterocycles. The monoisotopic (exact) mass is 485 g/mol. The average Bonchev–Trinajstić information content (AvgIpc) is 3.18. The number of hydrogen-bond donors (Lipinski definition) is 2. The van der Waals surface area contributed by atoms with Crippen LogP contribution < -0.4 is 9.44 Å². The summed E-state index contributed by atoms with van der Waals surface area (Å²) < 4.78 is 30.9. The summed E-state index contributed by atoms with van der Waals surface area (Å²) in [6.07, 6.45) is 9.14. The van der Waals surface area contributed by atoms with Gasteiger partial charge in [-0.3, -0.25) is 4.72 Å². The highest BCUT2D eigenvalue weighted by atomic mass is 32.2. The van der Waals surface area contributed by atoms with Gasteiger partial charge in [-0.25, -0.2) is 14.7 Å². The fourth-order valence-electron chi connectivity index (χ4n) is 3.98. The summed E-state index contributed by atoms with van der Waals surface area (Å²) in [4.78, 5) is 9.52. The molecule has 32 heavy (non-hydrogen) atoms. The number of nitrogens with zero attached hydrogens (tertiary/aromatic N) is 3. The molecule has 0 radical (unpaired) electrons. The van der Waals surface area contributed by atoms with E-state index in [0.717, 1.165) is 45.9 Å². The first-order valence-electron chi connectivity index (χ1n) is 10.3. The molecule has 10 heteroatoms. The lowest BCUT2D eigenvalue weighted by molar-refractivity contribution is 0.444. The van der Waals surface area contributed by atoms with Crippen LogP contribution in [0, 0.1) is 11.3 Å².